The third-order valence-electron chi connectivity index (χ3n) is 7.48. The molecule has 0 saturated heterocycles. The van der Waals surface area contributed by atoms with Gasteiger partial charge in [0.2, 0.25) is 5.91 Å². The van der Waals surface area contributed by atoms with Gasteiger partial charge in [0.1, 0.15) is 5.54 Å². The number of thioether (sulfide) groups is 1. The number of fused-ring (bicyclic) bond motifs is 1. The first-order chi connectivity index (χ1) is 16.9. The van der Waals surface area contributed by atoms with Crippen LogP contribution in [-0.2, 0) is 16.8 Å². The molecule has 7 nitrogen and oxygen atoms in total. The summed E-state index contributed by atoms with van der Waals surface area (Å²) in [6, 6.07) is 24.8. The van der Waals surface area contributed by atoms with Gasteiger partial charge in [-0.05, 0) is 23.1 Å². The van der Waals surface area contributed by atoms with Crippen LogP contribution in [-0.4, -0.2) is 33.3 Å². The van der Waals surface area contributed by atoms with E-state index in [2.05, 4.69) is 17.4 Å². The number of nitro groups is 1. The Balaban J connectivity index is 1.35. The van der Waals surface area contributed by atoms with Crippen LogP contribution in [0.4, 0.5) is 0 Å². The first-order valence-electron chi connectivity index (χ1n) is 11.6. The minimum atomic E-state index is -1.57. The summed E-state index contributed by atoms with van der Waals surface area (Å²) in [5, 5.41) is 16.2. The monoisotopic (exact) mass is 484 g/mol. The molecule has 176 valence electrons. The molecule has 4 aliphatic rings. The van der Waals surface area contributed by atoms with E-state index >= 15 is 0 Å². The summed E-state index contributed by atoms with van der Waals surface area (Å²) < 4.78 is 0. The Morgan fingerprint density at radius 1 is 1.03 bits per heavy atom. The maximum atomic E-state index is 13.8. The molecule has 1 aliphatic heterocycles. The van der Waals surface area contributed by atoms with E-state index in [0.717, 1.165) is 23.3 Å². The number of aliphatic imine (C=N–C) groups is 1. The highest BCUT2D eigenvalue weighted by atomic mass is 32.2. The molecule has 0 spiro atoms. The Hall–Kier alpha value is -3.49. The van der Waals surface area contributed by atoms with Crippen LogP contribution in [0.2, 0.25) is 0 Å². The van der Waals surface area contributed by atoms with Crippen LogP contribution in [0.15, 0.2) is 83.9 Å². The Kier molecular flexibility index (Phi) is 5.05. The molecule has 0 saturated carbocycles. The number of nitrogens with zero attached hydrogens (tertiary/aromatic N) is 2. The van der Waals surface area contributed by atoms with E-state index < -0.39 is 22.9 Å². The molecule has 3 N–H and O–H groups in total. The van der Waals surface area contributed by atoms with Crippen molar-refractivity contribution in [1.82, 2.24) is 5.32 Å². The zero-order valence-electron chi connectivity index (χ0n) is 18.9. The number of hydrogen-bond acceptors (Lipinski definition) is 6. The number of nitrogens with one attached hydrogen (secondary N) is 1. The molecule has 0 radical (unpaired) electrons. The lowest BCUT2D eigenvalue weighted by molar-refractivity contribution is -0.571. The second-order valence-electron chi connectivity index (χ2n) is 9.48. The number of rotatable bonds is 4. The number of benzene rings is 3. The van der Waals surface area contributed by atoms with Crippen molar-refractivity contribution < 1.29 is 9.72 Å². The summed E-state index contributed by atoms with van der Waals surface area (Å²) in [6.45, 7) is 0. The third-order valence-corrected chi connectivity index (χ3v) is 8.51. The first kappa shape index (κ1) is 22.0. The largest absolute Gasteiger partial charge is 0.316 e. The Bertz CT molecular complexity index is 1330. The maximum Gasteiger partial charge on any atom is 0.274 e. The fourth-order valence-corrected chi connectivity index (χ4v) is 6.93. The molecule has 2 bridgehead atoms. The summed E-state index contributed by atoms with van der Waals surface area (Å²) in [4.78, 5) is 30.9. The van der Waals surface area contributed by atoms with Gasteiger partial charge in [0.15, 0.2) is 5.17 Å². The number of amides is 1. The molecule has 3 aromatic carbocycles. The van der Waals surface area contributed by atoms with Crippen molar-refractivity contribution in [1.29, 1.82) is 0 Å². The standard InChI is InChI=1S/C27H24N4O3S/c28-26(24(32)30-25-29-18(15-35-25)14-17-8-2-1-3-9-17)16-27(31(33)34)21-12-6-4-10-19(21)23(26)20-11-5-7-13-22(20)27/h1-13,18,23H,14-16,28H2,(H,29,30,32). The van der Waals surface area contributed by atoms with Crippen molar-refractivity contribution in [3.63, 3.8) is 0 Å². The van der Waals surface area contributed by atoms with Gasteiger partial charge in [0.25, 0.3) is 5.54 Å². The van der Waals surface area contributed by atoms with Crippen molar-refractivity contribution in [2.75, 3.05) is 5.75 Å². The average Bonchev–Trinajstić information content (AvgIpc) is 3.31. The highest BCUT2D eigenvalue weighted by molar-refractivity contribution is 8.14. The Morgan fingerprint density at radius 2 is 1.63 bits per heavy atom. The minimum absolute atomic E-state index is 0.0563. The summed E-state index contributed by atoms with van der Waals surface area (Å²) in [6.07, 6.45) is 0.678. The summed E-state index contributed by atoms with van der Waals surface area (Å²) >= 11 is 1.49. The molecule has 0 fully saturated rings. The van der Waals surface area contributed by atoms with Crippen LogP contribution in [0, 0.1) is 10.1 Å². The van der Waals surface area contributed by atoms with Gasteiger partial charge >= 0.3 is 0 Å². The fourth-order valence-electron chi connectivity index (χ4n) is 5.99. The lowest BCUT2D eigenvalue weighted by Crippen LogP contribution is -2.68. The fraction of sp³-hybridized carbons (Fsp3) is 0.259. The molecule has 3 aliphatic carbocycles. The van der Waals surface area contributed by atoms with E-state index in [-0.39, 0.29) is 17.4 Å². The smallest absolute Gasteiger partial charge is 0.274 e. The Morgan fingerprint density at radius 3 is 2.26 bits per heavy atom. The van der Waals surface area contributed by atoms with E-state index in [1.807, 2.05) is 54.6 Å². The molecule has 0 aromatic heterocycles. The van der Waals surface area contributed by atoms with Crippen LogP contribution < -0.4 is 11.1 Å². The molecule has 2 atom stereocenters. The van der Waals surface area contributed by atoms with Crippen LogP contribution in [0.5, 0.6) is 0 Å². The summed E-state index contributed by atoms with van der Waals surface area (Å²) in [7, 11) is 0. The number of carbonyl (C=O) groups excluding carboxylic acids is 1. The zero-order chi connectivity index (χ0) is 24.2. The van der Waals surface area contributed by atoms with E-state index in [0.29, 0.717) is 16.3 Å². The zero-order valence-corrected chi connectivity index (χ0v) is 19.7. The van der Waals surface area contributed by atoms with Crippen molar-refractivity contribution >= 4 is 22.8 Å². The molecule has 8 heteroatoms. The lowest BCUT2D eigenvalue weighted by atomic mass is 9.52. The normalized spacial score (nSPS) is 28.1. The summed E-state index contributed by atoms with van der Waals surface area (Å²) in [5.41, 5.74) is 7.76. The molecule has 3 aromatic rings. The van der Waals surface area contributed by atoms with Gasteiger partial charge in [0, 0.05) is 27.7 Å². The summed E-state index contributed by atoms with van der Waals surface area (Å²) in [5.74, 6) is -0.149. The number of hydrogen-bond donors (Lipinski definition) is 2. The van der Waals surface area contributed by atoms with Gasteiger partial charge < -0.3 is 11.1 Å². The predicted octanol–water partition coefficient (Wildman–Crippen LogP) is 3.58. The first-order valence-corrected chi connectivity index (χ1v) is 12.6. The van der Waals surface area contributed by atoms with Crippen molar-refractivity contribution in [3.05, 3.63) is 117 Å². The Labute approximate surface area is 207 Å². The van der Waals surface area contributed by atoms with Crippen LogP contribution in [0.1, 0.15) is 40.2 Å². The highest BCUT2D eigenvalue weighted by Crippen LogP contribution is 2.59. The maximum absolute atomic E-state index is 13.8. The molecule has 1 heterocycles. The van der Waals surface area contributed by atoms with Crippen LogP contribution in [0.25, 0.3) is 0 Å². The van der Waals surface area contributed by atoms with Crippen molar-refractivity contribution in [3.8, 4) is 0 Å². The second kappa shape index (κ2) is 8.03. The molecular formula is C27H24N4O3S. The van der Waals surface area contributed by atoms with Crippen LogP contribution in [0.3, 0.4) is 0 Å². The number of nitrogens with two attached hydrogens (primary N) is 1. The lowest BCUT2D eigenvalue weighted by Gasteiger charge is -2.51. The van der Waals surface area contributed by atoms with Crippen molar-refractivity contribution in [2.24, 2.45) is 10.7 Å². The molecule has 1 amide bonds. The van der Waals surface area contributed by atoms with Gasteiger partial charge in [-0.3, -0.25) is 19.9 Å². The molecule has 7 rings (SSSR count). The van der Waals surface area contributed by atoms with Gasteiger partial charge in [-0.15, -0.1) is 0 Å². The third kappa shape index (κ3) is 3.24. The topological polar surface area (TPSA) is 111 Å². The van der Waals surface area contributed by atoms with Crippen LogP contribution >= 0.6 is 11.8 Å². The van der Waals surface area contributed by atoms with Gasteiger partial charge in [-0.25, -0.2) is 0 Å². The molecular weight excluding hydrogens is 460 g/mol. The molecule has 2 unspecified atom stereocenters. The minimum Gasteiger partial charge on any atom is -0.316 e. The highest BCUT2D eigenvalue weighted by Gasteiger charge is 2.67. The van der Waals surface area contributed by atoms with E-state index in [4.69, 9.17) is 10.7 Å². The van der Waals surface area contributed by atoms with Crippen molar-refractivity contribution in [2.45, 2.75) is 35.9 Å². The van der Waals surface area contributed by atoms with Gasteiger partial charge in [-0.2, -0.15) is 0 Å². The van der Waals surface area contributed by atoms with Gasteiger partial charge in [-0.1, -0.05) is 90.6 Å². The number of amidine groups is 1. The average molecular weight is 485 g/mol. The van der Waals surface area contributed by atoms with E-state index in [1.54, 1.807) is 12.1 Å². The molecule has 35 heavy (non-hydrogen) atoms. The number of carbonyl (C=O) groups is 1. The SMILES string of the molecule is NC1(C(=O)NC2=NC(Cc3ccccc3)CS2)CC2([N+](=O)[O-])c3ccccc3C1c1ccccc12. The predicted molar refractivity (Wildman–Crippen MR) is 136 cm³/mol. The van der Waals surface area contributed by atoms with E-state index in [9.17, 15) is 14.9 Å². The van der Waals surface area contributed by atoms with Gasteiger partial charge in [0.05, 0.1) is 12.5 Å². The quantitative estimate of drug-likeness (QED) is 0.434. The van der Waals surface area contributed by atoms with E-state index in [1.165, 1.54) is 17.3 Å². The second-order valence-corrected chi connectivity index (χ2v) is 10.5.